The number of carbonyl (C=O) groups is 2. The molecule has 0 heterocycles. The Bertz CT molecular complexity index is 265. The van der Waals surface area contributed by atoms with Gasteiger partial charge >= 0.3 is 12.0 Å². The van der Waals surface area contributed by atoms with Crippen molar-refractivity contribution in [2.75, 3.05) is 20.2 Å². The number of hydrogen-bond donors (Lipinski definition) is 1. The summed E-state index contributed by atoms with van der Waals surface area (Å²) in [6.07, 6.45) is 0.939. The summed E-state index contributed by atoms with van der Waals surface area (Å²) in [5.74, 6) is 0.195. The number of methoxy groups -OCH3 is 1. The lowest BCUT2D eigenvalue weighted by molar-refractivity contribution is -0.140. The lowest BCUT2D eigenvalue weighted by Crippen LogP contribution is -2.46. The lowest BCUT2D eigenvalue weighted by Gasteiger charge is -2.28. The first-order valence-corrected chi connectivity index (χ1v) is 6.49. The van der Waals surface area contributed by atoms with Gasteiger partial charge in [0.25, 0.3) is 0 Å². The molecule has 1 N–H and O–H groups in total. The average molecular weight is 258 g/mol. The van der Waals surface area contributed by atoms with Gasteiger partial charge in [-0.15, -0.1) is 0 Å². The number of hydrogen-bond acceptors (Lipinski definition) is 3. The van der Waals surface area contributed by atoms with Crippen LogP contribution in [0, 0.1) is 5.92 Å². The van der Waals surface area contributed by atoms with E-state index in [1.54, 1.807) is 0 Å². The first kappa shape index (κ1) is 16.7. The van der Waals surface area contributed by atoms with Crippen LogP contribution in [0.25, 0.3) is 0 Å². The highest BCUT2D eigenvalue weighted by atomic mass is 16.5. The fourth-order valence-corrected chi connectivity index (χ4v) is 1.55. The monoisotopic (exact) mass is 258 g/mol. The predicted molar refractivity (Wildman–Crippen MR) is 71.3 cm³/mol. The van der Waals surface area contributed by atoms with Gasteiger partial charge < -0.3 is 15.0 Å². The number of nitrogens with zero attached hydrogens (tertiary/aromatic N) is 1. The summed E-state index contributed by atoms with van der Waals surface area (Å²) >= 11 is 0. The van der Waals surface area contributed by atoms with Crippen molar-refractivity contribution in [2.45, 2.75) is 46.6 Å². The summed E-state index contributed by atoms with van der Waals surface area (Å²) in [5, 5.41) is 2.83. The van der Waals surface area contributed by atoms with Crippen molar-refractivity contribution in [3.63, 3.8) is 0 Å². The van der Waals surface area contributed by atoms with Gasteiger partial charge in [0.15, 0.2) is 0 Å². The number of rotatable bonds is 7. The molecule has 2 amide bonds. The summed E-state index contributed by atoms with van der Waals surface area (Å²) in [6, 6.07) is 0.108. The highest BCUT2D eigenvalue weighted by molar-refractivity contribution is 5.74. The smallest absolute Gasteiger partial charge is 0.317 e. The molecule has 0 aliphatic heterocycles. The number of nitrogens with one attached hydrogen (secondary N) is 1. The zero-order valence-electron chi connectivity index (χ0n) is 12.2. The Hall–Kier alpha value is -1.26. The molecule has 0 aliphatic carbocycles. The number of amides is 2. The van der Waals surface area contributed by atoms with E-state index in [2.05, 4.69) is 23.9 Å². The quantitative estimate of drug-likeness (QED) is 0.561. The lowest BCUT2D eigenvalue weighted by atomic mass is 10.2. The van der Waals surface area contributed by atoms with Gasteiger partial charge in [0, 0.05) is 25.6 Å². The Morgan fingerprint density at radius 1 is 1.22 bits per heavy atom. The highest BCUT2D eigenvalue weighted by Gasteiger charge is 2.17. The van der Waals surface area contributed by atoms with E-state index >= 15 is 0 Å². The molecule has 0 radical (unpaired) electrons. The summed E-state index contributed by atoms with van der Waals surface area (Å²) in [6.45, 7) is 9.39. The van der Waals surface area contributed by atoms with Crippen LogP contribution >= 0.6 is 0 Å². The van der Waals surface area contributed by atoms with E-state index in [-0.39, 0.29) is 18.0 Å². The van der Waals surface area contributed by atoms with Crippen molar-refractivity contribution in [1.82, 2.24) is 10.2 Å². The van der Waals surface area contributed by atoms with Crippen LogP contribution in [0.1, 0.15) is 40.5 Å². The fraction of sp³-hybridized carbons (Fsp3) is 0.846. The van der Waals surface area contributed by atoms with Crippen LogP contribution in [0.5, 0.6) is 0 Å². The first-order chi connectivity index (χ1) is 8.38. The maximum atomic E-state index is 11.9. The zero-order chi connectivity index (χ0) is 14.1. The molecule has 0 aromatic carbocycles. The van der Waals surface area contributed by atoms with Crippen LogP contribution in [0.15, 0.2) is 0 Å². The van der Waals surface area contributed by atoms with E-state index < -0.39 is 0 Å². The van der Waals surface area contributed by atoms with Gasteiger partial charge in [0.05, 0.1) is 7.11 Å². The largest absolute Gasteiger partial charge is 0.469 e. The van der Waals surface area contributed by atoms with Gasteiger partial charge in [0.2, 0.25) is 0 Å². The second kappa shape index (κ2) is 8.78. The Kier molecular flexibility index (Phi) is 8.16. The van der Waals surface area contributed by atoms with Gasteiger partial charge in [-0.05, 0) is 26.2 Å². The molecule has 0 aromatic rings. The minimum atomic E-state index is -0.243. The van der Waals surface area contributed by atoms with E-state index in [1.807, 2.05) is 18.7 Å². The SMILES string of the molecule is COC(=O)CCCNC(=O)N(CC(C)C)C(C)C. The Balaban J connectivity index is 4.00. The highest BCUT2D eigenvalue weighted by Crippen LogP contribution is 2.04. The topological polar surface area (TPSA) is 58.6 Å². The first-order valence-electron chi connectivity index (χ1n) is 6.49. The molecule has 0 spiro atoms. The Labute approximate surface area is 110 Å². The summed E-state index contributed by atoms with van der Waals surface area (Å²) in [7, 11) is 1.37. The molecule has 0 fully saturated rings. The van der Waals surface area contributed by atoms with Crippen molar-refractivity contribution in [3.05, 3.63) is 0 Å². The molecule has 5 nitrogen and oxygen atoms in total. The molecule has 0 bridgehead atoms. The zero-order valence-corrected chi connectivity index (χ0v) is 12.2. The normalized spacial score (nSPS) is 10.6. The third-order valence-corrected chi connectivity index (χ3v) is 2.51. The van der Waals surface area contributed by atoms with E-state index in [1.165, 1.54) is 7.11 Å². The second-order valence-electron chi connectivity index (χ2n) is 5.05. The van der Waals surface area contributed by atoms with E-state index in [0.29, 0.717) is 25.3 Å². The number of ether oxygens (including phenoxy) is 1. The van der Waals surface area contributed by atoms with Crippen molar-refractivity contribution < 1.29 is 14.3 Å². The van der Waals surface area contributed by atoms with Crippen LogP contribution in [-0.4, -0.2) is 43.1 Å². The summed E-state index contributed by atoms with van der Waals surface area (Å²) < 4.78 is 4.53. The molecule has 5 heteroatoms. The number of urea groups is 1. The third kappa shape index (κ3) is 7.14. The van der Waals surface area contributed by atoms with E-state index in [9.17, 15) is 9.59 Å². The van der Waals surface area contributed by atoms with Gasteiger partial charge in [0.1, 0.15) is 0 Å². The molecule has 0 atom stereocenters. The van der Waals surface area contributed by atoms with Crippen LogP contribution in [0.4, 0.5) is 4.79 Å². The van der Waals surface area contributed by atoms with E-state index in [4.69, 9.17) is 0 Å². The summed E-state index contributed by atoms with van der Waals surface area (Å²) in [5.41, 5.74) is 0. The van der Waals surface area contributed by atoms with Gasteiger partial charge in [-0.2, -0.15) is 0 Å². The van der Waals surface area contributed by atoms with Crippen molar-refractivity contribution in [3.8, 4) is 0 Å². The van der Waals surface area contributed by atoms with Crippen LogP contribution in [0.3, 0.4) is 0 Å². The molecule has 0 unspecified atom stereocenters. The molecule has 0 aliphatic rings. The maximum Gasteiger partial charge on any atom is 0.317 e. The maximum absolute atomic E-state index is 11.9. The molecule has 0 rings (SSSR count). The van der Waals surface area contributed by atoms with Crippen molar-refractivity contribution >= 4 is 12.0 Å². The van der Waals surface area contributed by atoms with Crippen LogP contribution in [-0.2, 0) is 9.53 Å². The molecular formula is C13H26N2O3. The fourth-order valence-electron chi connectivity index (χ4n) is 1.55. The van der Waals surface area contributed by atoms with E-state index in [0.717, 1.165) is 6.54 Å². The third-order valence-electron chi connectivity index (χ3n) is 2.51. The minimum Gasteiger partial charge on any atom is -0.469 e. The molecule has 0 aromatic heterocycles. The average Bonchev–Trinajstić information content (AvgIpc) is 2.30. The van der Waals surface area contributed by atoms with Gasteiger partial charge in [-0.25, -0.2) is 4.79 Å². The Morgan fingerprint density at radius 3 is 2.28 bits per heavy atom. The van der Waals surface area contributed by atoms with Crippen molar-refractivity contribution in [2.24, 2.45) is 5.92 Å². The molecule has 0 saturated heterocycles. The number of esters is 1. The molecule has 106 valence electrons. The Morgan fingerprint density at radius 2 is 1.83 bits per heavy atom. The number of carbonyl (C=O) groups excluding carboxylic acids is 2. The van der Waals surface area contributed by atoms with Crippen molar-refractivity contribution in [1.29, 1.82) is 0 Å². The van der Waals surface area contributed by atoms with Gasteiger partial charge in [-0.3, -0.25) is 4.79 Å². The molecular weight excluding hydrogens is 232 g/mol. The second-order valence-corrected chi connectivity index (χ2v) is 5.05. The standard InChI is InChI=1S/C13H26N2O3/c1-10(2)9-15(11(3)4)13(17)14-8-6-7-12(16)18-5/h10-11H,6-9H2,1-5H3,(H,14,17). The minimum absolute atomic E-state index is 0.0661. The van der Waals surface area contributed by atoms with Crippen LogP contribution in [0.2, 0.25) is 0 Å². The van der Waals surface area contributed by atoms with Crippen LogP contribution < -0.4 is 5.32 Å². The molecule has 0 saturated carbocycles. The summed E-state index contributed by atoms with van der Waals surface area (Å²) in [4.78, 5) is 24.6. The predicted octanol–water partition coefficient (Wildman–Crippen LogP) is 2.02. The van der Waals surface area contributed by atoms with Gasteiger partial charge in [-0.1, -0.05) is 13.8 Å². The molecule has 18 heavy (non-hydrogen) atoms.